The van der Waals surface area contributed by atoms with Crippen molar-refractivity contribution in [2.24, 2.45) is 0 Å². The molecule has 2 rings (SSSR count). The van der Waals surface area contributed by atoms with E-state index in [-0.39, 0.29) is 0 Å². The summed E-state index contributed by atoms with van der Waals surface area (Å²) in [6.07, 6.45) is 6.57. The van der Waals surface area contributed by atoms with Gasteiger partial charge < -0.3 is 10.6 Å². The van der Waals surface area contributed by atoms with Crippen LogP contribution in [0, 0.1) is 0 Å². The second-order valence-electron chi connectivity index (χ2n) is 4.17. The molecule has 2 heterocycles. The predicted molar refractivity (Wildman–Crippen MR) is 71.0 cm³/mol. The first kappa shape index (κ1) is 14.1. The Balaban J connectivity index is 0.000000202. The van der Waals surface area contributed by atoms with Crippen molar-refractivity contribution in [3.8, 4) is 0 Å². The summed E-state index contributed by atoms with van der Waals surface area (Å²) >= 11 is 0. The molecule has 1 aliphatic heterocycles. The summed E-state index contributed by atoms with van der Waals surface area (Å²) in [5.41, 5.74) is 1.11. The number of aryl methyl sites for hydroxylation is 1. The van der Waals surface area contributed by atoms with Crippen molar-refractivity contribution in [2.75, 3.05) is 26.2 Å². The van der Waals surface area contributed by atoms with Crippen LogP contribution in [0.1, 0.15) is 31.9 Å². The Morgan fingerprint density at radius 1 is 1.12 bits per heavy atom. The van der Waals surface area contributed by atoms with Crippen molar-refractivity contribution in [1.82, 2.24) is 20.8 Å². The largest absolute Gasteiger partial charge is 0.314 e. The summed E-state index contributed by atoms with van der Waals surface area (Å²) in [7, 11) is 0. The van der Waals surface area contributed by atoms with Crippen LogP contribution in [0.15, 0.2) is 18.3 Å². The van der Waals surface area contributed by atoms with Gasteiger partial charge in [0.1, 0.15) is 0 Å². The lowest BCUT2D eigenvalue weighted by Crippen LogP contribution is -2.39. The molecule has 1 aromatic rings. The molecular weight excluding hydrogens is 212 g/mol. The third kappa shape index (κ3) is 7.82. The lowest BCUT2D eigenvalue weighted by molar-refractivity contribution is 0.534. The van der Waals surface area contributed by atoms with Gasteiger partial charge in [0.05, 0.1) is 5.69 Å². The first-order chi connectivity index (χ1) is 8.43. The Labute approximate surface area is 104 Å². The molecular formula is C13H24N4. The van der Waals surface area contributed by atoms with Gasteiger partial charge in [0, 0.05) is 32.4 Å². The average molecular weight is 236 g/mol. The molecule has 0 spiro atoms. The van der Waals surface area contributed by atoms with Gasteiger partial charge in [0.15, 0.2) is 0 Å². The Kier molecular flexibility index (Phi) is 8.42. The van der Waals surface area contributed by atoms with Gasteiger partial charge in [-0.1, -0.05) is 19.8 Å². The summed E-state index contributed by atoms with van der Waals surface area (Å²) in [6, 6.07) is 3.97. The van der Waals surface area contributed by atoms with Crippen molar-refractivity contribution in [3.63, 3.8) is 0 Å². The van der Waals surface area contributed by atoms with Crippen molar-refractivity contribution >= 4 is 0 Å². The van der Waals surface area contributed by atoms with E-state index in [0.29, 0.717) is 0 Å². The summed E-state index contributed by atoms with van der Waals surface area (Å²) in [6.45, 7) is 6.76. The molecule has 17 heavy (non-hydrogen) atoms. The smallest absolute Gasteiger partial charge is 0.0631 e. The summed E-state index contributed by atoms with van der Waals surface area (Å²) in [5, 5.41) is 14.3. The monoisotopic (exact) mass is 236 g/mol. The van der Waals surface area contributed by atoms with E-state index in [9.17, 15) is 0 Å². The van der Waals surface area contributed by atoms with Gasteiger partial charge in [0.25, 0.3) is 0 Å². The molecule has 0 unspecified atom stereocenters. The minimum Gasteiger partial charge on any atom is -0.314 e. The number of rotatable bonds is 4. The minimum absolute atomic E-state index is 1.07. The number of hydrogen-bond acceptors (Lipinski definition) is 4. The SMILES string of the molecule is C1CNCCN1.CCCCCc1cccnn1. The molecule has 0 aromatic carbocycles. The second kappa shape index (κ2) is 10.2. The molecule has 0 bridgehead atoms. The molecule has 1 fully saturated rings. The molecule has 96 valence electrons. The Morgan fingerprint density at radius 3 is 2.29 bits per heavy atom. The van der Waals surface area contributed by atoms with Gasteiger partial charge in [-0.05, 0) is 25.0 Å². The van der Waals surface area contributed by atoms with Crippen molar-refractivity contribution in [2.45, 2.75) is 32.6 Å². The molecule has 1 aromatic heterocycles. The zero-order valence-corrected chi connectivity index (χ0v) is 10.8. The maximum Gasteiger partial charge on any atom is 0.0631 e. The lowest BCUT2D eigenvalue weighted by atomic mass is 10.1. The van der Waals surface area contributed by atoms with Gasteiger partial charge in [-0.3, -0.25) is 0 Å². The van der Waals surface area contributed by atoms with Crippen LogP contribution in [0.2, 0.25) is 0 Å². The quantitative estimate of drug-likeness (QED) is 0.776. The van der Waals surface area contributed by atoms with Crippen LogP contribution in [0.5, 0.6) is 0 Å². The Hall–Kier alpha value is -1.00. The third-order valence-corrected chi connectivity index (χ3v) is 2.62. The zero-order valence-electron chi connectivity index (χ0n) is 10.8. The summed E-state index contributed by atoms with van der Waals surface area (Å²) in [4.78, 5) is 0. The highest BCUT2D eigenvalue weighted by atomic mass is 15.1. The maximum atomic E-state index is 4.00. The molecule has 4 heteroatoms. The highest BCUT2D eigenvalue weighted by molar-refractivity contribution is 4.98. The fourth-order valence-electron chi connectivity index (χ4n) is 1.63. The van der Waals surface area contributed by atoms with Crippen LogP contribution < -0.4 is 10.6 Å². The van der Waals surface area contributed by atoms with E-state index in [0.717, 1.165) is 38.3 Å². The van der Waals surface area contributed by atoms with Gasteiger partial charge in [0.2, 0.25) is 0 Å². The Morgan fingerprint density at radius 2 is 1.82 bits per heavy atom. The van der Waals surface area contributed by atoms with Gasteiger partial charge in [-0.25, -0.2) is 0 Å². The molecule has 0 saturated carbocycles. The van der Waals surface area contributed by atoms with E-state index >= 15 is 0 Å². The molecule has 1 saturated heterocycles. The number of piperazine rings is 1. The van der Waals surface area contributed by atoms with Crippen molar-refractivity contribution in [1.29, 1.82) is 0 Å². The predicted octanol–water partition coefficient (Wildman–Crippen LogP) is 1.39. The van der Waals surface area contributed by atoms with Crippen LogP contribution in [0.25, 0.3) is 0 Å². The first-order valence-electron chi connectivity index (χ1n) is 6.61. The molecule has 0 radical (unpaired) electrons. The standard InChI is InChI=1S/C9H14N2.C4H10N2/c1-2-3-4-6-9-7-5-8-10-11-9;1-2-6-4-3-5-1/h5,7-8H,2-4,6H2,1H3;5-6H,1-4H2. The topological polar surface area (TPSA) is 49.8 Å². The van der Waals surface area contributed by atoms with Crippen molar-refractivity contribution < 1.29 is 0 Å². The minimum atomic E-state index is 1.07. The van der Waals surface area contributed by atoms with E-state index < -0.39 is 0 Å². The van der Waals surface area contributed by atoms with Crippen LogP contribution in [0.4, 0.5) is 0 Å². The van der Waals surface area contributed by atoms with E-state index in [2.05, 4.69) is 27.8 Å². The van der Waals surface area contributed by atoms with Crippen LogP contribution in [0.3, 0.4) is 0 Å². The van der Waals surface area contributed by atoms with E-state index in [1.165, 1.54) is 19.3 Å². The number of aromatic nitrogens is 2. The maximum absolute atomic E-state index is 4.00. The van der Waals surface area contributed by atoms with E-state index in [1.807, 2.05) is 12.1 Å². The Bertz CT molecular complexity index is 248. The lowest BCUT2D eigenvalue weighted by Gasteiger charge is -2.11. The number of unbranched alkanes of at least 4 members (excludes halogenated alkanes) is 2. The number of nitrogens with zero attached hydrogens (tertiary/aromatic N) is 2. The van der Waals surface area contributed by atoms with Crippen LogP contribution >= 0.6 is 0 Å². The van der Waals surface area contributed by atoms with E-state index in [1.54, 1.807) is 6.20 Å². The first-order valence-corrected chi connectivity index (χ1v) is 6.61. The van der Waals surface area contributed by atoms with Crippen LogP contribution in [-0.4, -0.2) is 36.4 Å². The molecule has 2 N–H and O–H groups in total. The molecule has 4 nitrogen and oxygen atoms in total. The number of nitrogens with one attached hydrogen (secondary N) is 2. The fourth-order valence-corrected chi connectivity index (χ4v) is 1.63. The van der Waals surface area contributed by atoms with Gasteiger partial charge in [-0.2, -0.15) is 10.2 Å². The normalized spacial score (nSPS) is 14.9. The molecule has 0 atom stereocenters. The van der Waals surface area contributed by atoms with Crippen LogP contribution in [-0.2, 0) is 6.42 Å². The third-order valence-electron chi connectivity index (χ3n) is 2.62. The van der Waals surface area contributed by atoms with Gasteiger partial charge in [-0.15, -0.1) is 0 Å². The molecule has 0 amide bonds. The zero-order chi connectivity index (χ0) is 12.2. The fraction of sp³-hybridized carbons (Fsp3) is 0.692. The second-order valence-corrected chi connectivity index (χ2v) is 4.17. The number of hydrogen-bond donors (Lipinski definition) is 2. The molecule has 1 aliphatic rings. The van der Waals surface area contributed by atoms with Gasteiger partial charge >= 0.3 is 0 Å². The highest BCUT2D eigenvalue weighted by Gasteiger charge is 1.92. The van der Waals surface area contributed by atoms with E-state index in [4.69, 9.17) is 0 Å². The summed E-state index contributed by atoms with van der Waals surface area (Å²) in [5.74, 6) is 0. The average Bonchev–Trinajstić information content (AvgIpc) is 2.43. The highest BCUT2D eigenvalue weighted by Crippen LogP contribution is 2.01. The van der Waals surface area contributed by atoms with Crippen molar-refractivity contribution in [3.05, 3.63) is 24.0 Å². The summed E-state index contributed by atoms with van der Waals surface area (Å²) < 4.78 is 0. The molecule has 0 aliphatic carbocycles.